The summed E-state index contributed by atoms with van der Waals surface area (Å²) in [5.41, 5.74) is 0.718. The average Bonchev–Trinajstić information content (AvgIpc) is 2.13. The van der Waals surface area contributed by atoms with Crippen LogP contribution in [0.4, 0.5) is 0 Å². The van der Waals surface area contributed by atoms with Gasteiger partial charge in [0.15, 0.2) is 0 Å². The average molecular weight is 191 g/mol. The summed E-state index contributed by atoms with van der Waals surface area (Å²) >= 11 is 3.21. The van der Waals surface area contributed by atoms with Gasteiger partial charge in [0.05, 0.1) is 22.5 Å². The van der Waals surface area contributed by atoms with E-state index < -0.39 is 6.10 Å². The maximum atomic E-state index is 8.99. The number of aromatic amines is 1. The Kier molecular flexibility index (Phi) is 1.87. The topological polar surface area (TPSA) is 48.9 Å². The van der Waals surface area contributed by atoms with Crippen LogP contribution in [0, 0.1) is 0 Å². The molecule has 0 amide bonds. The van der Waals surface area contributed by atoms with Crippen LogP contribution >= 0.6 is 15.9 Å². The van der Waals surface area contributed by atoms with Crippen LogP contribution < -0.4 is 0 Å². The molecule has 3 nitrogen and oxygen atoms in total. The van der Waals surface area contributed by atoms with Crippen LogP contribution in [0.1, 0.15) is 18.7 Å². The summed E-state index contributed by atoms with van der Waals surface area (Å²) in [5.74, 6) is 0. The summed E-state index contributed by atoms with van der Waals surface area (Å²) in [5, 5.41) is 15.4. The third kappa shape index (κ3) is 1.31. The molecule has 9 heavy (non-hydrogen) atoms. The van der Waals surface area contributed by atoms with E-state index in [0.717, 1.165) is 10.2 Å². The number of aliphatic hydroxyl groups is 1. The Morgan fingerprint density at radius 2 is 2.56 bits per heavy atom. The summed E-state index contributed by atoms with van der Waals surface area (Å²) in [7, 11) is 0. The number of halogens is 1. The summed E-state index contributed by atoms with van der Waals surface area (Å²) in [6.07, 6.45) is 1.13. The second-order valence-corrected chi connectivity index (χ2v) is 2.66. The first-order valence-electron chi connectivity index (χ1n) is 2.58. The molecule has 0 spiro atoms. The molecule has 0 saturated heterocycles. The van der Waals surface area contributed by atoms with Crippen LogP contribution in [0.5, 0.6) is 0 Å². The second kappa shape index (κ2) is 2.49. The van der Waals surface area contributed by atoms with E-state index in [1.54, 1.807) is 13.1 Å². The molecule has 50 valence electrons. The normalized spacial score (nSPS) is 13.7. The third-order valence-electron chi connectivity index (χ3n) is 1.04. The predicted molar refractivity (Wildman–Crippen MR) is 36.9 cm³/mol. The second-order valence-electron chi connectivity index (χ2n) is 1.81. The predicted octanol–water partition coefficient (Wildman–Crippen LogP) is 1.23. The van der Waals surface area contributed by atoms with Crippen molar-refractivity contribution in [2.24, 2.45) is 0 Å². The molecular weight excluding hydrogens is 184 g/mol. The van der Waals surface area contributed by atoms with Crippen molar-refractivity contribution in [2.75, 3.05) is 0 Å². The first-order chi connectivity index (χ1) is 4.22. The fraction of sp³-hybridized carbons (Fsp3) is 0.400. The van der Waals surface area contributed by atoms with E-state index in [9.17, 15) is 0 Å². The molecule has 1 aromatic heterocycles. The van der Waals surface area contributed by atoms with Crippen molar-refractivity contribution in [3.8, 4) is 0 Å². The Balaban J connectivity index is 2.94. The third-order valence-corrected chi connectivity index (χ3v) is 1.67. The Morgan fingerprint density at radius 3 is 2.78 bits per heavy atom. The molecule has 0 radical (unpaired) electrons. The van der Waals surface area contributed by atoms with E-state index in [1.165, 1.54) is 0 Å². The Bertz CT molecular complexity index is 197. The van der Waals surface area contributed by atoms with E-state index >= 15 is 0 Å². The molecule has 0 saturated carbocycles. The van der Waals surface area contributed by atoms with Crippen LogP contribution in [0.3, 0.4) is 0 Å². The number of nitrogens with one attached hydrogen (secondary N) is 1. The minimum atomic E-state index is -0.484. The highest BCUT2D eigenvalue weighted by Crippen LogP contribution is 2.18. The minimum Gasteiger partial charge on any atom is -0.387 e. The first-order valence-corrected chi connectivity index (χ1v) is 3.38. The van der Waals surface area contributed by atoms with Crippen molar-refractivity contribution in [1.29, 1.82) is 0 Å². The Labute approximate surface area is 61.2 Å². The number of hydrogen-bond donors (Lipinski definition) is 2. The van der Waals surface area contributed by atoms with Gasteiger partial charge in [-0.1, -0.05) is 0 Å². The number of aromatic nitrogens is 2. The molecule has 1 aromatic rings. The summed E-state index contributed by atoms with van der Waals surface area (Å²) in [4.78, 5) is 0. The maximum absolute atomic E-state index is 8.99. The van der Waals surface area contributed by atoms with Crippen molar-refractivity contribution in [2.45, 2.75) is 13.0 Å². The number of rotatable bonds is 1. The lowest BCUT2D eigenvalue weighted by Gasteiger charge is -1.98. The van der Waals surface area contributed by atoms with E-state index in [2.05, 4.69) is 26.1 Å². The lowest BCUT2D eigenvalue weighted by molar-refractivity contribution is 0.193. The zero-order chi connectivity index (χ0) is 6.85. The van der Waals surface area contributed by atoms with Crippen molar-refractivity contribution in [3.63, 3.8) is 0 Å². The zero-order valence-electron chi connectivity index (χ0n) is 4.93. The van der Waals surface area contributed by atoms with Crippen molar-refractivity contribution < 1.29 is 5.11 Å². The molecular formula is C5H7BrN2O. The molecule has 1 atom stereocenters. The van der Waals surface area contributed by atoms with Crippen molar-refractivity contribution in [1.82, 2.24) is 10.2 Å². The van der Waals surface area contributed by atoms with E-state index in [1.807, 2.05) is 0 Å². The van der Waals surface area contributed by atoms with Gasteiger partial charge in [-0.25, -0.2) is 0 Å². The van der Waals surface area contributed by atoms with Gasteiger partial charge in [-0.15, -0.1) is 0 Å². The van der Waals surface area contributed by atoms with Crippen LogP contribution in [0.15, 0.2) is 10.7 Å². The van der Waals surface area contributed by atoms with E-state index in [4.69, 9.17) is 5.11 Å². The lowest BCUT2D eigenvalue weighted by Crippen LogP contribution is -1.91. The molecule has 4 heteroatoms. The molecule has 0 aliphatic heterocycles. The van der Waals surface area contributed by atoms with Crippen LogP contribution in [0.25, 0.3) is 0 Å². The highest BCUT2D eigenvalue weighted by atomic mass is 79.9. The number of nitrogens with zero attached hydrogens (tertiary/aromatic N) is 1. The molecule has 0 aliphatic carbocycles. The van der Waals surface area contributed by atoms with Gasteiger partial charge in [0.1, 0.15) is 0 Å². The van der Waals surface area contributed by atoms with Crippen LogP contribution in [-0.4, -0.2) is 15.3 Å². The number of aliphatic hydroxyl groups excluding tert-OH is 1. The number of H-pyrrole nitrogens is 1. The molecule has 1 rings (SSSR count). The Hall–Kier alpha value is -0.350. The van der Waals surface area contributed by atoms with Gasteiger partial charge < -0.3 is 5.11 Å². The first kappa shape index (κ1) is 6.77. The van der Waals surface area contributed by atoms with E-state index in [0.29, 0.717) is 0 Å². The molecule has 1 heterocycles. The fourth-order valence-corrected chi connectivity index (χ4v) is 1.10. The molecule has 0 aromatic carbocycles. The molecule has 2 N–H and O–H groups in total. The maximum Gasteiger partial charge on any atom is 0.0937 e. The lowest BCUT2D eigenvalue weighted by atomic mass is 10.3. The summed E-state index contributed by atoms with van der Waals surface area (Å²) < 4.78 is 0.817. The largest absolute Gasteiger partial charge is 0.387 e. The van der Waals surface area contributed by atoms with Crippen molar-refractivity contribution in [3.05, 3.63) is 16.4 Å². The van der Waals surface area contributed by atoms with Gasteiger partial charge in [0.25, 0.3) is 0 Å². The SMILES string of the molecule is C[C@@H](O)c1[nH]ncc1Br. The number of hydrogen-bond acceptors (Lipinski definition) is 2. The van der Waals surface area contributed by atoms with E-state index in [-0.39, 0.29) is 0 Å². The molecule has 0 aliphatic rings. The molecule has 0 unspecified atom stereocenters. The standard InChI is InChI=1S/C5H7BrN2O/c1-3(9)5-4(6)2-7-8-5/h2-3,9H,1H3,(H,7,8)/t3-/m1/s1. The van der Waals surface area contributed by atoms with Gasteiger partial charge in [0, 0.05) is 0 Å². The highest BCUT2D eigenvalue weighted by Gasteiger charge is 2.05. The smallest absolute Gasteiger partial charge is 0.0937 e. The van der Waals surface area contributed by atoms with Gasteiger partial charge in [-0.2, -0.15) is 5.10 Å². The highest BCUT2D eigenvalue weighted by molar-refractivity contribution is 9.10. The Morgan fingerprint density at radius 1 is 1.89 bits per heavy atom. The van der Waals surface area contributed by atoms with Gasteiger partial charge in [0.2, 0.25) is 0 Å². The van der Waals surface area contributed by atoms with Gasteiger partial charge >= 0.3 is 0 Å². The minimum absolute atomic E-state index is 0.484. The fourth-order valence-electron chi connectivity index (χ4n) is 0.574. The van der Waals surface area contributed by atoms with Gasteiger partial charge in [-0.05, 0) is 22.9 Å². The van der Waals surface area contributed by atoms with Crippen LogP contribution in [-0.2, 0) is 0 Å². The molecule has 0 bridgehead atoms. The quantitative estimate of drug-likeness (QED) is 0.701. The van der Waals surface area contributed by atoms with Crippen molar-refractivity contribution >= 4 is 15.9 Å². The summed E-state index contributed by atoms with van der Waals surface area (Å²) in [6.45, 7) is 1.68. The van der Waals surface area contributed by atoms with Crippen LogP contribution in [0.2, 0.25) is 0 Å². The van der Waals surface area contributed by atoms with Gasteiger partial charge in [-0.3, -0.25) is 5.10 Å². The molecule has 0 fully saturated rings. The monoisotopic (exact) mass is 190 g/mol. The zero-order valence-corrected chi connectivity index (χ0v) is 6.51. The summed E-state index contributed by atoms with van der Waals surface area (Å²) in [6, 6.07) is 0.